The average molecular weight is 414 g/mol. The molecule has 0 unspecified atom stereocenters. The van der Waals surface area contributed by atoms with Gasteiger partial charge in [-0.1, -0.05) is 19.3 Å². The summed E-state index contributed by atoms with van der Waals surface area (Å²) >= 11 is 0. The number of carbonyl (C=O) groups is 1. The Balaban J connectivity index is 1.35. The summed E-state index contributed by atoms with van der Waals surface area (Å²) in [4.78, 5) is 20.5. The molecular weight excluding hydrogens is 374 g/mol. The first-order valence-electron chi connectivity index (χ1n) is 12.2. The summed E-state index contributed by atoms with van der Waals surface area (Å²) in [5, 5.41) is 0. The molecule has 0 radical (unpaired) electrons. The highest BCUT2D eigenvalue weighted by molar-refractivity contribution is 5.91. The van der Waals surface area contributed by atoms with Crippen LogP contribution in [0.5, 0.6) is 0 Å². The fourth-order valence-corrected chi connectivity index (χ4v) is 5.54. The number of rotatable bonds is 8. The van der Waals surface area contributed by atoms with Gasteiger partial charge in [0.25, 0.3) is 0 Å². The monoisotopic (exact) mass is 413 g/mol. The van der Waals surface area contributed by atoms with Gasteiger partial charge in [-0.05, 0) is 82.3 Å². The standard InChI is InChI=1S/C25H39N3O2/c29-25(13-12-24-11-7-19-30-24)28(18-17-26-14-4-1-5-15-26)21-22-8-6-16-27(20-22)23-9-2-3-10-23/h7,11-13,19,22-23H,1-6,8-10,14-18,20-21H2/b13-12+/t22-/m0/s1. The lowest BCUT2D eigenvalue weighted by Crippen LogP contribution is -2.47. The van der Waals surface area contributed by atoms with Gasteiger partial charge in [-0.2, -0.15) is 0 Å². The molecule has 2 saturated heterocycles. The van der Waals surface area contributed by atoms with Crippen molar-refractivity contribution in [3.05, 3.63) is 30.2 Å². The summed E-state index contributed by atoms with van der Waals surface area (Å²) in [5.74, 6) is 1.47. The predicted molar refractivity (Wildman–Crippen MR) is 121 cm³/mol. The highest BCUT2D eigenvalue weighted by Crippen LogP contribution is 2.28. The Labute approximate surface area is 182 Å². The minimum Gasteiger partial charge on any atom is -0.465 e. The highest BCUT2D eigenvalue weighted by Gasteiger charge is 2.29. The first-order valence-corrected chi connectivity index (χ1v) is 12.2. The minimum absolute atomic E-state index is 0.126. The Hall–Kier alpha value is -1.59. The second-order valence-electron chi connectivity index (χ2n) is 9.48. The van der Waals surface area contributed by atoms with Gasteiger partial charge >= 0.3 is 0 Å². The van der Waals surface area contributed by atoms with Crippen LogP contribution in [-0.4, -0.2) is 72.5 Å². The van der Waals surface area contributed by atoms with E-state index >= 15 is 0 Å². The summed E-state index contributed by atoms with van der Waals surface area (Å²) in [7, 11) is 0. The third kappa shape index (κ3) is 6.21. The molecule has 1 aromatic rings. The Morgan fingerprint density at radius 2 is 1.90 bits per heavy atom. The largest absolute Gasteiger partial charge is 0.465 e. The van der Waals surface area contributed by atoms with Crippen molar-refractivity contribution in [2.75, 3.05) is 45.8 Å². The number of hydrogen-bond donors (Lipinski definition) is 0. The van der Waals surface area contributed by atoms with Crippen molar-refractivity contribution in [2.45, 2.75) is 63.8 Å². The van der Waals surface area contributed by atoms with Gasteiger partial charge in [-0.15, -0.1) is 0 Å². The zero-order chi connectivity index (χ0) is 20.6. The Morgan fingerprint density at radius 3 is 2.67 bits per heavy atom. The molecular formula is C25H39N3O2. The number of hydrogen-bond acceptors (Lipinski definition) is 4. The Morgan fingerprint density at radius 1 is 1.07 bits per heavy atom. The lowest BCUT2D eigenvalue weighted by atomic mass is 9.95. The van der Waals surface area contributed by atoms with Crippen LogP contribution in [0.3, 0.4) is 0 Å². The molecule has 5 heteroatoms. The van der Waals surface area contributed by atoms with Crippen LogP contribution in [0.15, 0.2) is 28.9 Å². The van der Waals surface area contributed by atoms with E-state index in [4.69, 9.17) is 4.42 Å². The topological polar surface area (TPSA) is 39.9 Å². The molecule has 2 aliphatic heterocycles. The number of amides is 1. The lowest BCUT2D eigenvalue weighted by molar-refractivity contribution is -0.127. The van der Waals surface area contributed by atoms with Crippen LogP contribution in [0, 0.1) is 5.92 Å². The van der Waals surface area contributed by atoms with E-state index in [1.54, 1.807) is 12.3 Å². The smallest absolute Gasteiger partial charge is 0.246 e. The number of furan rings is 1. The molecule has 1 atom stereocenters. The van der Waals surface area contributed by atoms with Crippen LogP contribution in [0.1, 0.15) is 63.5 Å². The van der Waals surface area contributed by atoms with E-state index in [2.05, 4.69) is 14.7 Å². The average Bonchev–Trinajstić information content (AvgIpc) is 3.50. The van der Waals surface area contributed by atoms with Gasteiger partial charge in [-0.25, -0.2) is 0 Å². The quantitative estimate of drug-likeness (QED) is 0.597. The van der Waals surface area contributed by atoms with Gasteiger partial charge in [0.1, 0.15) is 5.76 Å². The zero-order valence-electron chi connectivity index (χ0n) is 18.5. The first-order chi connectivity index (χ1) is 14.8. The summed E-state index contributed by atoms with van der Waals surface area (Å²) < 4.78 is 5.37. The second kappa shape index (κ2) is 11.1. The van der Waals surface area contributed by atoms with Crippen molar-refractivity contribution >= 4 is 12.0 Å². The fraction of sp³-hybridized carbons (Fsp3) is 0.720. The maximum Gasteiger partial charge on any atom is 0.246 e. The van der Waals surface area contributed by atoms with Crippen molar-refractivity contribution in [1.29, 1.82) is 0 Å². The first kappa shape index (κ1) is 21.6. The molecule has 5 nitrogen and oxygen atoms in total. The molecule has 0 spiro atoms. The third-order valence-electron chi connectivity index (χ3n) is 7.25. The van der Waals surface area contributed by atoms with Crippen molar-refractivity contribution < 1.29 is 9.21 Å². The molecule has 1 aliphatic carbocycles. The van der Waals surface area contributed by atoms with Gasteiger partial charge in [0.05, 0.1) is 6.26 Å². The van der Waals surface area contributed by atoms with Gasteiger partial charge < -0.3 is 19.1 Å². The molecule has 0 bridgehead atoms. The zero-order valence-corrected chi connectivity index (χ0v) is 18.5. The summed E-state index contributed by atoms with van der Waals surface area (Å²) in [6.45, 7) is 7.51. The van der Waals surface area contributed by atoms with E-state index < -0.39 is 0 Å². The number of likely N-dealkylation sites (tertiary alicyclic amines) is 2. The van der Waals surface area contributed by atoms with Gasteiger partial charge in [-0.3, -0.25) is 4.79 Å². The van der Waals surface area contributed by atoms with E-state index in [0.717, 1.165) is 31.4 Å². The van der Waals surface area contributed by atoms with Crippen LogP contribution in [-0.2, 0) is 4.79 Å². The van der Waals surface area contributed by atoms with E-state index in [0.29, 0.717) is 5.92 Å². The van der Waals surface area contributed by atoms with Crippen LogP contribution in [0.25, 0.3) is 6.08 Å². The van der Waals surface area contributed by atoms with Crippen LogP contribution >= 0.6 is 0 Å². The minimum atomic E-state index is 0.126. The Bertz CT molecular complexity index is 660. The van der Waals surface area contributed by atoms with Crippen molar-refractivity contribution in [3.63, 3.8) is 0 Å². The molecule has 1 aromatic heterocycles. The molecule has 4 rings (SSSR count). The predicted octanol–water partition coefficient (Wildman–Crippen LogP) is 4.26. The molecule has 166 valence electrons. The van der Waals surface area contributed by atoms with Crippen LogP contribution in [0.2, 0.25) is 0 Å². The second-order valence-corrected chi connectivity index (χ2v) is 9.48. The molecule has 0 aromatic carbocycles. The van der Waals surface area contributed by atoms with E-state index in [1.165, 1.54) is 84.0 Å². The van der Waals surface area contributed by atoms with Crippen LogP contribution < -0.4 is 0 Å². The van der Waals surface area contributed by atoms with Crippen molar-refractivity contribution in [2.24, 2.45) is 5.92 Å². The summed E-state index contributed by atoms with van der Waals surface area (Å²) in [6.07, 6.45) is 17.2. The maximum atomic E-state index is 13.1. The molecule has 0 N–H and O–H groups in total. The van der Waals surface area contributed by atoms with E-state index in [-0.39, 0.29) is 5.91 Å². The van der Waals surface area contributed by atoms with Crippen LogP contribution in [0.4, 0.5) is 0 Å². The molecule has 3 aliphatic rings. The Kier molecular flexibility index (Phi) is 8.04. The number of nitrogens with zero attached hydrogens (tertiary/aromatic N) is 3. The molecule has 1 saturated carbocycles. The van der Waals surface area contributed by atoms with Gasteiger partial charge in [0.2, 0.25) is 5.91 Å². The SMILES string of the molecule is O=C(/C=C/c1ccco1)N(CCN1CCCCC1)C[C@H]1CCCN(C2CCCC2)C1. The fourth-order valence-electron chi connectivity index (χ4n) is 5.54. The van der Waals surface area contributed by atoms with Gasteiger partial charge in [0, 0.05) is 38.3 Å². The molecule has 3 fully saturated rings. The van der Waals surface area contributed by atoms with E-state index in [9.17, 15) is 4.79 Å². The summed E-state index contributed by atoms with van der Waals surface area (Å²) in [5.41, 5.74) is 0. The number of piperidine rings is 2. The van der Waals surface area contributed by atoms with Crippen molar-refractivity contribution in [3.8, 4) is 0 Å². The summed E-state index contributed by atoms with van der Waals surface area (Å²) in [6, 6.07) is 4.55. The van der Waals surface area contributed by atoms with Gasteiger partial charge in [0.15, 0.2) is 0 Å². The molecule has 3 heterocycles. The maximum absolute atomic E-state index is 13.1. The normalized spacial score (nSPS) is 24.6. The molecule has 1 amide bonds. The highest BCUT2D eigenvalue weighted by atomic mass is 16.3. The third-order valence-corrected chi connectivity index (χ3v) is 7.25. The van der Waals surface area contributed by atoms with E-state index in [1.807, 2.05) is 18.2 Å². The number of carbonyl (C=O) groups excluding carboxylic acids is 1. The molecule has 30 heavy (non-hydrogen) atoms. The van der Waals surface area contributed by atoms with Crippen molar-refractivity contribution in [1.82, 2.24) is 14.7 Å². The lowest BCUT2D eigenvalue weighted by Gasteiger charge is -2.39.